The van der Waals surface area contributed by atoms with Gasteiger partial charge in [-0.05, 0) is 57.8 Å². The van der Waals surface area contributed by atoms with Crippen LogP contribution in [-0.2, 0) is 28.6 Å². The van der Waals surface area contributed by atoms with Crippen LogP contribution in [0.25, 0.3) is 0 Å². The molecule has 57 heavy (non-hydrogen) atoms. The van der Waals surface area contributed by atoms with E-state index in [0.29, 0.717) is 19.3 Å². The molecule has 2 atom stereocenters. The van der Waals surface area contributed by atoms with Crippen molar-refractivity contribution in [2.45, 2.75) is 142 Å². The Labute approximate surface area is 347 Å². The van der Waals surface area contributed by atoms with Crippen molar-refractivity contribution in [3.05, 3.63) is 109 Å². The Morgan fingerprint density at radius 3 is 1.58 bits per heavy atom. The molecule has 2 unspecified atom stereocenters. The molecule has 0 aromatic carbocycles. The summed E-state index contributed by atoms with van der Waals surface area (Å²) in [6, 6.07) is -0.632. The van der Waals surface area contributed by atoms with Gasteiger partial charge in [-0.15, -0.1) is 0 Å². The fourth-order valence-corrected chi connectivity index (χ4v) is 5.58. The molecule has 8 heteroatoms. The SMILES string of the molecule is CC/C=C/C=C/C=C/C=C/C=C/C=C/C=C/CCCCCC(=O)OC(COCCC(C(=O)O)[N+](C)(C)C)COC(=O)CCCCCCCCC/C=C/C/C=C/CC. The Bertz CT molecular complexity index is 1290. The van der Waals surface area contributed by atoms with Gasteiger partial charge in [0.2, 0.25) is 0 Å². The first-order valence-electron chi connectivity index (χ1n) is 21.5. The Hall–Kier alpha value is -4.01. The fourth-order valence-electron chi connectivity index (χ4n) is 5.58. The molecular weight excluding hydrogens is 715 g/mol. The number of esters is 2. The van der Waals surface area contributed by atoms with E-state index in [2.05, 4.69) is 50.3 Å². The molecule has 320 valence electrons. The second-order valence-corrected chi connectivity index (χ2v) is 15.0. The smallest absolute Gasteiger partial charge is 0.362 e. The molecule has 0 heterocycles. The number of carboxylic acids is 1. The van der Waals surface area contributed by atoms with Crippen LogP contribution in [0.4, 0.5) is 0 Å². The minimum absolute atomic E-state index is 0.0316. The largest absolute Gasteiger partial charge is 0.477 e. The molecule has 0 aliphatic rings. The molecule has 1 N–H and O–H groups in total. The van der Waals surface area contributed by atoms with Crippen molar-refractivity contribution in [1.82, 2.24) is 0 Å². The molecular formula is C49H78NO7+. The number of carboxylic acid groups (broad SMARTS) is 1. The highest BCUT2D eigenvalue weighted by Gasteiger charge is 2.31. The molecule has 0 bridgehead atoms. The standard InChI is InChI=1S/C49H77NO7/c1-6-8-10-12-14-16-18-20-22-23-24-25-26-28-30-32-34-36-38-40-48(52)57-45(43-55-42-41-46(49(53)54)50(3,4)5)44-56-47(51)39-37-35-33-31-29-27-21-19-17-15-13-11-9-7-2/h8-12,14-18,20,22-26,28,30,45-46H,6-7,13,19,21,27,29,31-44H2,1-5H3/p+1/b10-8+,11-9+,14-12+,17-15+,18-16+,22-20+,24-23+,26-25+,30-28+. The molecule has 0 aromatic heterocycles. The normalized spacial score (nSPS) is 14.1. The number of hydrogen-bond donors (Lipinski definition) is 1. The molecule has 0 aliphatic carbocycles. The average Bonchev–Trinajstić information content (AvgIpc) is 3.17. The van der Waals surface area contributed by atoms with E-state index in [0.717, 1.165) is 64.2 Å². The van der Waals surface area contributed by atoms with E-state index in [1.54, 1.807) is 0 Å². The zero-order chi connectivity index (χ0) is 42.1. The first-order chi connectivity index (χ1) is 27.6. The first kappa shape index (κ1) is 53.0. The quantitative estimate of drug-likeness (QED) is 0.0222. The maximum atomic E-state index is 12.7. The third kappa shape index (κ3) is 37.3. The fraction of sp³-hybridized carbons (Fsp3) is 0.571. The van der Waals surface area contributed by atoms with Crippen molar-refractivity contribution >= 4 is 17.9 Å². The summed E-state index contributed by atoms with van der Waals surface area (Å²) in [5, 5.41) is 9.62. The van der Waals surface area contributed by atoms with Gasteiger partial charge >= 0.3 is 17.9 Å². The maximum Gasteiger partial charge on any atom is 0.362 e. The summed E-state index contributed by atoms with van der Waals surface area (Å²) in [5.41, 5.74) is 0. The highest BCUT2D eigenvalue weighted by molar-refractivity contribution is 5.72. The summed E-state index contributed by atoms with van der Waals surface area (Å²) in [7, 11) is 5.49. The number of nitrogens with zero attached hydrogens (tertiary/aromatic N) is 1. The van der Waals surface area contributed by atoms with Gasteiger partial charge in [0.15, 0.2) is 12.1 Å². The topological polar surface area (TPSA) is 99.1 Å². The molecule has 0 aromatic rings. The van der Waals surface area contributed by atoms with Crippen LogP contribution >= 0.6 is 0 Å². The second-order valence-electron chi connectivity index (χ2n) is 15.0. The third-order valence-electron chi connectivity index (χ3n) is 8.86. The minimum atomic E-state index is -0.890. The number of carbonyl (C=O) groups is 3. The minimum Gasteiger partial charge on any atom is -0.477 e. The first-order valence-corrected chi connectivity index (χ1v) is 21.5. The van der Waals surface area contributed by atoms with Crippen molar-refractivity contribution in [2.24, 2.45) is 0 Å². The number of ether oxygens (including phenoxy) is 3. The van der Waals surface area contributed by atoms with Gasteiger partial charge in [-0.3, -0.25) is 9.59 Å². The van der Waals surface area contributed by atoms with Crippen molar-refractivity contribution in [2.75, 3.05) is 41.0 Å². The van der Waals surface area contributed by atoms with Crippen LogP contribution in [-0.4, -0.2) is 80.6 Å². The van der Waals surface area contributed by atoms with Crippen molar-refractivity contribution in [3.63, 3.8) is 0 Å². The Morgan fingerprint density at radius 2 is 1.02 bits per heavy atom. The summed E-state index contributed by atoms with van der Waals surface area (Å²) in [6.07, 6.45) is 52.7. The summed E-state index contributed by atoms with van der Waals surface area (Å²) < 4.78 is 17.2. The van der Waals surface area contributed by atoms with Crippen LogP contribution in [0.2, 0.25) is 0 Å². The number of unbranched alkanes of at least 4 members (excludes halogenated alkanes) is 10. The van der Waals surface area contributed by atoms with Crippen molar-refractivity contribution in [1.29, 1.82) is 0 Å². The lowest BCUT2D eigenvalue weighted by atomic mass is 10.1. The monoisotopic (exact) mass is 793 g/mol. The van der Waals surface area contributed by atoms with E-state index in [9.17, 15) is 19.5 Å². The lowest BCUT2D eigenvalue weighted by Gasteiger charge is -2.31. The van der Waals surface area contributed by atoms with Crippen molar-refractivity contribution in [3.8, 4) is 0 Å². The van der Waals surface area contributed by atoms with Crippen LogP contribution in [0.3, 0.4) is 0 Å². The van der Waals surface area contributed by atoms with E-state index in [4.69, 9.17) is 14.2 Å². The highest BCUT2D eigenvalue weighted by Crippen LogP contribution is 2.13. The van der Waals surface area contributed by atoms with Gasteiger partial charge in [-0.2, -0.15) is 0 Å². The summed E-state index contributed by atoms with van der Waals surface area (Å²) in [5.74, 6) is -1.56. The number of quaternary nitrogens is 1. The van der Waals surface area contributed by atoms with Crippen LogP contribution in [0.1, 0.15) is 129 Å². The molecule has 0 saturated carbocycles. The van der Waals surface area contributed by atoms with Crippen LogP contribution in [0, 0.1) is 0 Å². The Balaban J connectivity index is 4.52. The van der Waals surface area contributed by atoms with E-state index in [1.807, 2.05) is 94.1 Å². The summed E-state index contributed by atoms with van der Waals surface area (Å²) in [6.45, 7) is 4.39. The molecule has 0 saturated heterocycles. The highest BCUT2D eigenvalue weighted by atomic mass is 16.6. The van der Waals surface area contributed by atoms with Crippen LogP contribution in [0.5, 0.6) is 0 Å². The molecule has 0 amide bonds. The zero-order valence-electron chi connectivity index (χ0n) is 36.2. The zero-order valence-corrected chi connectivity index (χ0v) is 36.2. The third-order valence-corrected chi connectivity index (χ3v) is 8.86. The summed E-state index contributed by atoms with van der Waals surface area (Å²) >= 11 is 0. The number of hydrogen-bond acceptors (Lipinski definition) is 6. The van der Waals surface area contributed by atoms with Gasteiger partial charge in [0, 0.05) is 19.3 Å². The van der Waals surface area contributed by atoms with Gasteiger partial charge in [0.1, 0.15) is 6.61 Å². The number of allylic oxidation sites excluding steroid dienone is 18. The van der Waals surface area contributed by atoms with E-state index in [-0.39, 0.29) is 42.7 Å². The van der Waals surface area contributed by atoms with Gasteiger partial charge in [0.25, 0.3) is 0 Å². The van der Waals surface area contributed by atoms with Crippen LogP contribution < -0.4 is 0 Å². The lowest BCUT2D eigenvalue weighted by molar-refractivity contribution is -0.887. The Morgan fingerprint density at radius 1 is 0.544 bits per heavy atom. The number of aliphatic carboxylic acids is 1. The van der Waals surface area contributed by atoms with Gasteiger partial charge in [0.05, 0.1) is 34.4 Å². The molecule has 0 fully saturated rings. The molecule has 0 aliphatic heterocycles. The Kier molecular flexibility index (Phi) is 36.1. The predicted octanol–water partition coefficient (Wildman–Crippen LogP) is 11.7. The number of likely N-dealkylation sites (N-methyl/N-ethyl adjacent to an activating group) is 1. The second kappa shape index (κ2) is 38.8. The molecule has 8 nitrogen and oxygen atoms in total. The maximum absolute atomic E-state index is 12.7. The summed E-state index contributed by atoms with van der Waals surface area (Å²) in [4.78, 5) is 37.0. The van der Waals surface area contributed by atoms with Crippen molar-refractivity contribution < 1.29 is 38.2 Å². The van der Waals surface area contributed by atoms with Gasteiger partial charge in [-0.25, -0.2) is 4.79 Å². The lowest BCUT2D eigenvalue weighted by Crippen LogP contribution is -2.50. The number of carbonyl (C=O) groups excluding carboxylic acids is 2. The van der Waals surface area contributed by atoms with Gasteiger partial charge < -0.3 is 23.8 Å². The van der Waals surface area contributed by atoms with Crippen LogP contribution in [0.15, 0.2) is 109 Å². The van der Waals surface area contributed by atoms with E-state index >= 15 is 0 Å². The predicted molar refractivity (Wildman–Crippen MR) is 238 cm³/mol. The van der Waals surface area contributed by atoms with Gasteiger partial charge in [-0.1, -0.05) is 162 Å². The average molecular weight is 793 g/mol. The van der Waals surface area contributed by atoms with E-state index < -0.39 is 18.1 Å². The van der Waals surface area contributed by atoms with E-state index in [1.165, 1.54) is 25.7 Å². The molecule has 0 radical (unpaired) electrons. The number of rotatable bonds is 36. The molecule has 0 rings (SSSR count). The molecule has 0 spiro atoms.